The Kier molecular flexibility index (Phi) is 5.37. The zero-order chi connectivity index (χ0) is 15.3. The van der Waals surface area contributed by atoms with Crippen LogP contribution in [-0.4, -0.2) is 11.6 Å². The van der Waals surface area contributed by atoms with Crippen molar-refractivity contribution in [3.8, 4) is 17.0 Å². The molecule has 0 radical (unpaired) electrons. The predicted molar refractivity (Wildman–Crippen MR) is 89.8 cm³/mol. The average molecular weight is 304 g/mol. The Morgan fingerprint density at radius 1 is 1.14 bits per heavy atom. The summed E-state index contributed by atoms with van der Waals surface area (Å²) in [7, 11) is 0. The van der Waals surface area contributed by atoms with E-state index < -0.39 is 0 Å². The predicted octanol–water partition coefficient (Wildman–Crippen LogP) is 4.57. The van der Waals surface area contributed by atoms with E-state index in [2.05, 4.69) is 38.3 Å². The highest BCUT2D eigenvalue weighted by Gasteiger charge is 2.26. The lowest BCUT2D eigenvalue weighted by Gasteiger charge is -2.23. The van der Waals surface area contributed by atoms with Crippen molar-refractivity contribution in [3.05, 3.63) is 34.7 Å². The monoisotopic (exact) mass is 304 g/mol. The van der Waals surface area contributed by atoms with Gasteiger partial charge in [0.05, 0.1) is 17.8 Å². The van der Waals surface area contributed by atoms with Crippen molar-refractivity contribution in [1.29, 1.82) is 0 Å². The van der Waals surface area contributed by atoms with Crippen LogP contribution in [0.1, 0.15) is 45.0 Å². The first kappa shape index (κ1) is 16.0. The van der Waals surface area contributed by atoms with Crippen LogP contribution in [0.5, 0.6) is 5.75 Å². The normalized spacial score (nSPS) is 11.6. The maximum Gasteiger partial charge on any atom is 0.119 e. The number of hydrogen-bond acceptors (Lipinski definition) is 4. The fraction of sp³-hybridized carbons (Fsp3) is 0.471. The molecule has 1 heterocycles. The van der Waals surface area contributed by atoms with Crippen LogP contribution in [0.3, 0.4) is 0 Å². The molecule has 0 unspecified atom stereocenters. The van der Waals surface area contributed by atoms with Gasteiger partial charge in [-0.05, 0) is 43.5 Å². The minimum absolute atomic E-state index is 0.299. The second kappa shape index (κ2) is 7.05. The van der Waals surface area contributed by atoms with Gasteiger partial charge in [-0.3, -0.25) is 0 Å². The molecule has 2 aromatic rings. The summed E-state index contributed by atoms with van der Waals surface area (Å²) in [6.45, 7) is 7.09. The lowest BCUT2D eigenvalue weighted by Crippen LogP contribution is -2.34. The lowest BCUT2D eigenvalue weighted by atomic mass is 9.95. The highest BCUT2D eigenvalue weighted by molar-refractivity contribution is 7.10. The van der Waals surface area contributed by atoms with Crippen LogP contribution in [0.25, 0.3) is 11.3 Å². The van der Waals surface area contributed by atoms with E-state index in [9.17, 15) is 0 Å². The van der Waals surface area contributed by atoms with Crippen LogP contribution >= 0.6 is 11.3 Å². The molecule has 0 spiro atoms. The molecular formula is C17H24N2OS. The van der Waals surface area contributed by atoms with Gasteiger partial charge in [0.25, 0.3) is 0 Å². The van der Waals surface area contributed by atoms with Gasteiger partial charge in [-0.25, -0.2) is 4.98 Å². The molecule has 0 aliphatic rings. The molecule has 0 bridgehead atoms. The number of aromatic nitrogens is 1. The Bertz CT molecular complexity index is 558. The number of nitrogens with two attached hydrogens (primary N) is 1. The number of rotatable bonds is 7. The minimum Gasteiger partial charge on any atom is -0.494 e. The Morgan fingerprint density at radius 2 is 1.81 bits per heavy atom. The average Bonchev–Trinajstić information content (AvgIpc) is 3.03. The van der Waals surface area contributed by atoms with Gasteiger partial charge in [-0.2, -0.15) is 0 Å². The molecule has 4 heteroatoms. The van der Waals surface area contributed by atoms with Gasteiger partial charge in [0.2, 0.25) is 0 Å². The maximum atomic E-state index is 6.42. The van der Waals surface area contributed by atoms with E-state index in [1.54, 1.807) is 11.3 Å². The smallest absolute Gasteiger partial charge is 0.119 e. The van der Waals surface area contributed by atoms with E-state index >= 15 is 0 Å². The molecule has 0 aliphatic carbocycles. The SMILES string of the molecule is CCCOc1ccc(-c2csc(C(N)(CC)CC)n2)cc1. The van der Waals surface area contributed by atoms with Crippen LogP contribution in [-0.2, 0) is 5.54 Å². The molecule has 0 amide bonds. The topological polar surface area (TPSA) is 48.1 Å². The summed E-state index contributed by atoms with van der Waals surface area (Å²) in [6.07, 6.45) is 2.82. The van der Waals surface area contributed by atoms with Crippen LogP contribution in [0, 0.1) is 0 Å². The highest BCUT2D eigenvalue weighted by Crippen LogP contribution is 2.32. The van der Waals surface area contributed by atoms with E-state index in [1.165, 1.54) is 0 Å². The van der Waals surface area contributed by atoms with Crippen molar-refractivity contribution in [2.45, 2.75) is 45.6 Å². The van der Waals surface area contributed by atoms with Crippen LogP contribution in [0.4, 0.5) is 0 Å². The fourth-order valence-electron chi connectivity index (χ4n) is 2.13. The Labute approximate surface area is 131 Å². The molecule has 1 aromatic carbocycles. The zero-order valence-electron chi connectivity index (χ0n) is 13.1. The summed E-state index contributed by atoms with van der Waals surface area (Å²) in [5, 5.41) is 3.11. The number of thiazole rings is 1. The second-order valence-corrected chi connectivity index (χ2v) is 6.13. The summed E-state index contributed by atoms with van der Waals surface area (Å²) in [4.78, 5) is 4.74. The summed E-state index contributed by atoms with van der Waals surface area (Å²) >= 11 is 1.65. The Morgan fingerprint density at radius 3 is 2.38 bits per heavy atom. The molecule has 2 N–H and O–H groups in total. The van der Waals surface area contributed by atoms with Gasteiger partial charge in [0, 0.05) is 10.9 Å². The molecule has 3 nitrogen and oxygen atoms in total. The van der Waals surface area contributed by atoms with Crippen LogP contribution in [0.2, 0.25) is 0 Å². The number of nitrogens with zero attached hydrogens (tertiary/aromatic N) is 1. The Balaban J connectivity index is 2.18. The molecule has 0 aliphatic heterocycles. The fourth-order valence-corrected chi connectivity index (χ4v) is 3.22. The van der Waals surface area contributed by atoms with E-state index in [4.69, 9.17) is 15.5 Å². The molecule has 0 fully saturated rings. The number of benzene rings is 1. The van der Waals surface area contributed by atoms with Crippen LogP contribution in [0.15, 0.2) is 29.6 Å². The molecule has 1 aromatic heterocycles. The minimum atomic E-state index is -0.299. The van der Waals surface area contributed by atoms with Crippen molar-refractivity contribution in [3.63, 3.8) is 0 Å². The van der Waals surface area contributed by atoms with Crippen molar-refractivity contribution in [2.24, 2.45) is 5.73 Å². The second-order valence-electron chi connectivity index (χ2n) is 5.27. The molecule has 0 saturated carbocycles. The first-order valence-corrected chi connectivity index (χ1v) is 8.49. The molecule has 114 valence electrons. The zero-order valence-corrected chi connectivity index (χ0v) is 13.9. The standard InChI is InChI=1S/C17H24N2OS/c1-4-11-20-14-9-7-13(8-10-14)15-12-21-16(19-15)17(18,5-2)6-3/h7-10,12H,4-6,11,18H2,1-3H3. The quantitative estimate of drug-likeness (QED) is 0.815. The van der Waals surface area contributed by atoms with E-state index in [-0.39, 0.29) is 5.54 Å². The lowest BCUT2D eigenvalue weighted by molar-refractivity contribution is 0.317. The Hall–Kier alpha value is -1.39. The molecule has 21 heavy (non-hydrogen) atoms. The van der Waals surface area contributed by atoms with Crippen molar-refractivity contribution >= 4 is 11.3 Å². The third kappa shape index (κ3) is 3.63. The third-order valence-corrected chi connectivity index (χ3v) is 4.88. The van der Waals surface area contributed by atoms with E-state index in [0.29, 0.717) is 0 Å². The van der Waals surface area contributed by atoms with Gasteiger partial charge in [-0.15, -0.1) is 11.3 Å². The number of ether oxygens (including phenoxy) is 1. The van der Waals surface area contributed by atoms with Gasteiger partial charge >= 0.3 is 0 Å². The molecule has 2 rings (SSSR count). The first-order valence-electron chi connectivity index (χ1n) is 7.61. The van der Waals surface area contributed by atoms with Crippen LogP contribution < -0.4 is 10.5 Å². The van der Waals surface area contributed by atoms with E-state index in [1.807, 2.05) is 12.1 Å². The van der Waals surface area contributed by atoms with Crippen molar-refractivity contribution < 1.29 is 4.74 Å². The summed E-state index contributed by atoms with van der Waals surface area (Å²) in [6, 6.07) is 8.11. The van der Waals surface area contributed by atoms with Crippen molar-refractivity contribution in [1.82, 2.24) is 4.98 Å². The van der Waals surface area contributed by atoms with Gasteiger partial charge < -0.3 is 10.5 Å². The first-order chi connectivity index (χ1) is 10.1. The largest absolute Gasteiger partial charge is 0.494 e. The summed E-state index contributed by atoms with van der Waals surface area (Å²) in [5.74, 6) is 0.909. The number of hydrogen-bond donors (Lipinski definition) is 1. The highest BCUT2D eigenvalue weighted by atomic mass is 32.1. The summed E-state index contributed by atoms with van der Waals surface area (Å²) < 4.78 is 5.60. The van der Waals surface area contributed by atoms with Crippen molar-refractivity contribution in [2.75, 3.05) is 6.61 Å². The van der Waals surface area contributed by atoms with E-state index in [0.717, 1.165) is 47.9 Å². The maximum absolute atomic E-state index is 6.42. The molecule has 0 atom stereocenters. The van der Waals surface area contributed by atoms with Gasteiger partial charge in [-0.1, -0.05) is 20.8 Å². The van der Waals surface area contributed by atoms with Gasteiger partial charge in [0.1, 0.15) is 10.8 Å². The molecular weight excluding hydrogens is 280 g/mol. The third-order valence-electron chi connectivity index (χ3n) is 3.81. The summed E-state index contributed by atoms with van der Waals surface area (Å²) in [5.41, 5.74) is 8.22. The molecule has 0 saturated heterocycles. The van der Waals surface area contributed by atoms with Gasteiger partial charge in [0.15, 0.2) is 0 Å².